The van der Waals surface area contributed by atoms with E-state index in [0.717, 1.165) is 64.1 Å². The lowest BCUT2D eigenvalue weighted by Gasteiger charge is -2.26. The second kappa shape index (κ2) is 9.34. The molecular weight excluding hydrogens is 354 g/mol. The summed E-state index contributed by atoms with van der Waals surface area (Å²) in [7, 11) is 0. The Hall–Kier alpha value is -1.64. The molecule has 0 bridgehead atoms. The molecular formula is C18H27N3O4S. The number of carbonyl (C=O) groups excluding carboxylic acids is 2. The number of thiophene rings is 1. The van der Waals surface area contributed by atoms with Crippen molar-refractivity contribution in [2.45, 2.75) is 32.6 Å². The molecule has 3 rings (SSSR count). The molecule has 1 aliphatic heterocycles. The summed E-state index contributed by atoms with van der Waals surface area (Å²) in [5.74, 6) is -0.337. The van der Waals surface area contributed by atoms with Crippen molar-refractivity contribution in [1.29, 1.82) is 0 Å². The van der Waals surface area contributed by atoms with E-state index in [-0.39, 0.29) is 12.0 Å². The maximum atomic E-state index is 12.4. The zero-order valence-corrected chi connectivity index (χ0v) is 16.1. The highest BCUT2D eigenvalue weighted by molar-refractivity contribution is 7.17. The van der Waals surface area contributed by atoms with Crippen LogP contribution in [0.25, 0.3) is 0 Å². The Bertz CT molecular complexity index is 641. The quantitative estimate of drug-likeness (QED) is 0.739. The number of nitrogens with zero attached hydrogens (tertiary/aromatic N) is 1. The summed E-state index contributed by atoms with van der Waals surface area (Å²) >= 11 is 1.51. The number of hydrogen-bond acceptors (Lipinski definition) is 6. The zero-order chi connectivity index (χ0) is 18.4. The number of urea groups is 1. The van der Waals surface area contributed by atoms with E-state index in [1.165, 1.54) is 16.2 Å². The first-order chi connectivity index (χ1) is 12.7. The molecule has 0 spiro atoms. The lowest BCUT2D eigenvalue weighted by Crippen LogP contribution is -2.42. The molecule has 2 aliphatic rings. The molecule has 2 amide bonds. The number of nitrogens with one attached hydrogen (secondary N) is 2. The van der Waals surface area contributed by atoms with E-state index in [1.54, 1.807) is 6.92 Å². The monoisotopic (exact) mass is 381 g/mol. The Morgan fingerprint density at radius 3 is 2.77 bits per heavy atom. The van der Waals surface area contributed by atoms with Crippen molar-refractivity contribution in [3.05, 3.63) is 16.0 Å². The molecule has 0 aromatic carbocycles. The number of amides is 2. The normalized spacial score (nSPS) is 17.4. The van der Waals surface area contributed by atoms with Crippen LogP contribution < -0.4 is 10.6 Å². The first-order valence-corrected chi connectivity index (χ1v) is 10.2. The fourth-order valence-electron chi connectivity index (χ4n) is 3.37. The van der Waals surface area contributed by atoms with Crippen LogP contribution in [-0.2, 0) is 22.3 Å². The molecule has 2 N–H and O–H groups in total. The van der Waals surface area contributed by atoms with Crippen LogP contribution in [0.1, 0.15) is 40.6 Å². The Morgan fingerprint density at radius 2 is 2.00 bits per heavy atom. The van der Waals surface area contributed by atoms with Crippen LogP contribution in [0, 0.1) is 0 Å². The van der Waals surface area contributed by atoms with E-state index < -0.39 is 0 Å². The largest absolute Gasteiger partial charge is 0.462 e. The fraction of sp³-hybridized carbons (Fsp3) is 0.667. The second-order valence-electron chi connectivity index (χ2n) is 6.47. The van der Waals surface area contributed by atoms with Crippen molar-refractivity contribution in [3.8, 4) is 0 Å². The highest BCUT2D eigenvalue weighted by atomic mass is 32.1. The van der Waals surface area contributed by atoms with Gasteiger partial charge in [0.1, 0.15) is 5.00 Å². The first kappa shape index (κ1) is 19.1. The van der Waals surface area contributed by atoms with Crippen LogP contribution >= 0.6 is 11.3 Å². The Kier molecular flexibility index (Phi) is 6.87. The minimum absolute atomic E-state index is 0.276. The van der Waals surface area contributed by atoms with Crippen molar-refractivity contribution >= 4 is 28.3 Å². The van der Waals surface area contributed by atoms with Gasteiger partial charge in [-0.15, -0.1) is 11.3 Å². The number of fused-ring (bicyclic) bond motifs is 1. The minimum Gasteiger partial charge on any atom is -0.462 e. The number of hydrogen-bond donors (Lipinski definition) is 2. The van der Waals surface area contributed by atoms with Gasteiger partial charge in [-0.3, -0.25) is 10.2 Å². The SMILES string of the molecule is CCOC(=O)c1c(NC(=O)NCCN2CCOCC2)sc2c1CCCC2. The summed E-state index contributed by atoms with van der Waals surface area (Å²) < 4.78 is 10.5. The van der Waals surface area contributed by atoms with E-state index in [0.29, 0.717) is 23.7 Å². The number of morpholine rings is 1. The van der Waals surface area contributed by atoms with Gasteiger partial charge in [-0.1, -0.05) is 0 Å². The molecule has 8 heteroatoms. The summed E-state index contributed by atoms with van der Waals surface area (Å²) in [4.78, 5) is 28.1. The third-order valence-electron chi connectivity index (χ3n) is 4.70. The Labute approximate surface area is 158 Å². The smallest absolute Gasteiger partial charge is 0.341 e. The molecule has 144 valence electrons. The summed E-state index contributed by atoms with van der Waals surface area (Å²) in [5.41, 5.74) is 1.61. The number of esters is 1. The molecule has 0 radical (unpaired) electrons. The molecule has 1 aromatic heterocycles. The Balaban J connectivity index is 1.59. The fourth-order valence-corrected chi connectivity index (χ4v) is 4.65. The molecule has 2 heterocycles. The van der Waals surface area contributed by atoms with Gasteiger partial charge >= 0.3 is 12.0 Å². The van der Waals surface area contributed by atoms with Gasteiger partial charge in [0, 0.05) is 31.1 Å². The summed E-state index contributed by atoms with van der Waals surface area (Å²) in [5, 5.41) is 6.36. The molecule has 0 unspecified atom stereocenters. The molecule has 1 aliphatic carbocycles. The lowest BCUT2D eigenvalue weighted by atomic mass is 9.95. The zero-order valence-electron chi connectivity index (χ0n) is 15.3. The molecule has 0 atom stereocenters. The van der Waals surface area contributed by atoms with Crippen molar-refractivity contribution in [2.75, 3.05) is 51.3 Å². The summed E-state index contributed by atoms with van der Waals surface area (Å²) in [6, 6.07) is -0.276. The number of ether oxygens (including phenoxy) is 2. The lowest BCUT2D eigenvalue weighted by molar-refractivity contribution is 0.0388. The van der Waals surface area contributed by atoms with E-state index in [4.69, 9.17) is 9.47 Å². The van der Waals surface area contributed by atoms with Crippen molar-refractivity contribution < 1.29 is 19.1 Å². The van der Waals surface area contributed by atoms with Crippen LogP contribution in [0.3, 0.4) is 0 Å². The van der Waals surface area contributed by atoms with Gasteiger partial charge in [0.15, 0.2) is 0 Å². The number of rotatable bonds is 6. The van der Waals surface area contributed by atoms with Crippen molar-refractivity contribution in [1.82, 2.24) is 10.2 Å². The van der Waals surface area contributed by atoms with Crippen LogP contribution in [0.4, 0.5) is 9.80 Å². The molecule has 26 heavy (non-hydrogen) atoms. The van der Waals surface area contributed by atoms with Crippen LogP contribution in [-0.4, -0.2) is 62.9 Å². The molecule has 1 fully saturated rings. The number of aryl methyl sites for hydroxylation is 1. The Morgan fingerprint density at radius 1 is 1.23 bits per heavy atom. The van der Waals surface area contributed by atoms with E-state index in [9.17, 15) is 9.59 Å². The molecule has 7 nitrogen and oxygen atoms in total. The minimum atomic E-state index is -0.337. The third kappa shape index (κ3) is 4.75. The highest BCUT2D eigenvalue weighted by Gasteiger charge is 2.27. The number of anilines is 1. The maximum Gasteiger partial charge on any atom is 0.341 e. The van der Waals surface area contributed by atoms with Gasteiger partial charge in [0.2, 0.25) is 0 Å². The highest BCUT2D eigenvalue weighted by Crippen LogP contribution is 2.38. The van der Waals surface area contributed by atoms with Crippen LogP contribution in [0.5, 0.6) is 0 Å². The predicted molar refractivity (Wildman–Crippen MR) is 101 cm³/mol. The predicted octanol–water partition coefficient (Wildman–Crippen LogP) is 2.26. The van der Waals surface area contributed by atoms with Gasteiger partial charge in [0.25, 0.3) is 0 Å². The molecule has 1 saturated heterocycles. The van der Waals surface area contributed by atoms with E-state index in [2.05, 4.69) is 15.5 Å². The van der Waals surface area contributed by atoms with Gasteiger partial charge in [-0.05, 0) is 38.2 Å². The van der Waals surface area contributed by atoms with Crippen molar-refractivity contribution in [2.24, 2.45) is 0 Å². The first-order valence-electron chi connectivity index (χ1n) is 9.35. The van der Waals surface area contributed by atoms with Gasteiger partial charge < -0.3 is 14.8 Å². The number of carbonyl (C=O) groups is 2. The summed E-state index contributed by atoms with van der Waals surface area (Å²) in [6.07, 6.45) is 4.04. The van der Waals surface area contributed by atoms with E-state index in [1.807, 2.05) is 0 Å². The van der Waals surface area contributed by atoms with Crippen molar-refractivity contribution in [3.63, 3.8) is 0 Å². The van der Waals surface area contributed by atoms with Gasteiger partial charge in [-0.25, -0.2) is 9.59 Å². The molecule has 1 aromatic rings. The summed E-state index contributed by atoms with van der Waals surface area (Å²) in [6.45, 7) is 6.76. The van der Waals surface area contributed by atoms with Crippen LogP contribution in [0.15, 0.2) is 0 Å². The van der Waals surface area contributed by atoms with Crippen LogP contribution in [0.2, 0.25) is 0 Å². The standard InChI is InChI=1S/C18H27N3O4S/c1-2-25-17(22)15-13-5-3-4-6-14(13)26-16(15)20-18(23)19-7-8-21-9-11-24-12-10-21/h2-12H2,1H3,(H2,19,20,23). The second-order valence-corrected chi connectivity index (χ2v) is 7.58. The maximum absolute atomic E-state index is 12.4. The molecule has 0 saturated carbocycles. The average Bonchev–Trinajstić information content (AvgIpc) is 3.00. The third-order valence-corrected chi connectivity index (χ3v) is 5.90. The van der Waals surface area contributed by atoms with Gasteiger partial charge in [-0.2, -0.15) is 0 Å². The average molecular weight is 381 g/mol. The van der Waals surface area contributed by atoms with Gasteiger partial charge in [0.05, 0.1) is 25.4 Å². The topological polar surface area (TPSA) is 79.9 Å². The van der Waals surface area contributed by atoms with E-state index >= 15 is 0 Å².